The number of piperidine rings is 1. The van der Waals surface area contributed by atoms with Gasteiger partial charge in [-0.05, 0) is 78.8 Å². The van der Waals surface area contributed by atoms with Crippen molar-refractivity contribution in [3.63, 3.8) is 0 Å². The fourth-order valence-electron chi connectivity index (χ4n) is 7.55. The number of benzene rings is 2. The number of methoxy groups -OCH3 is 1. The molecule has 4 atom stereocenters. The van der Waals surface area contributed by atoms with E-state index in [-0.39, 0.29) is 35.3 Å². The average Bonchev–Trinajstić information content (AvgIpc) is 3.38. The van der Waals surface area contributed by atoms with Gasteiger partial charge < -0.3 is 29.8 Å². The van der Waals surface area contributed by atoms with Gasteiger partial charge >= 0.3 is 0 Å². The number of anilines is 2. The van der Waals surface area contributed by atoms with E-state index in [9.17, 15) is 14.4 Å². The summed E-state index contributed by atoms with van der Waals surface area (Å²) >= 11 is 0. The number of pyridine rings is 1. The van der Waals surface area contributed by atoms with Gasteiger partial charge in [0.1, 0.15) is 5.75 Å². The number of ether oxygens (including phenoxy) is 1. The number of hydrogen-bond donors (Lipinski definition) is 3. The van der Waals surface area contributed by atoms with Gasteiger partial charge in [0.2, 0.25) is 11.8 Å². The third kappa shape index (κ3) is 4.53. The molecule has 0 saturated carbocycles. The van der Waals surface area contributed by atoms with E-state index in [1.165, 1.54) is 6.92 Å². The van der Waals surface area contributed by atoms with Gasteiger partial charge in [0, 0.05) is 78.8 Å². The Kier molecular flexibility index (Phi) is 6.52. The molecule has 3 N–H and O–H groups in total. The number of hydrogen-bond acceptors (Lipinski definition) is 5. The van der Waals surface area contributed by atoms with Crippen molar-refractivity contribution in [3.05, 3.63) is 88.0 Å². The molecule has 9 nitrogen and oxygen atoms in total. The highest BCUT2D eigenvalue weighted by atomic mass is 16.5. The van der Waals surface area contributed by atoms with Gasteiger partial charge in [0.05, 0.1) is 13.0 Å². The van der Waals surface area contributed by atoms with E-state index in [1.807, 2.05) is 47.2 Å². The maximum absolute atomic E-state index is 14.1. The van der Waals surface area contributed by atoms with E-state index in [0.29, 0.717) is 31.8 Å². The molecule has 3 aliphatic rings. The largest absolute Gasteiger partial charge is 0.497 e. The molecule has 2 amide bonds. The Morgan fingerprint density at radius 1 is 1.10 bits per heavy atom. The van der Waals surface area contributed by atoms with Gasteiger partial charge in [-0.15, -0.1) is 0 Å². The SMILES string of the molecule is COc1ccc2[nH]cc(CCNC(=O)C3Cc4cc(NC(C)=O)ccc4N4CC5CC(c6cccc(=O)n6C5)C34)c2c1. The highest BCUT2D eigenvalue weighted by Crippen LogP contribution is 2.48. The monoisotopic (exact) mass is 565 g/mol. The van der Waals surface area contributed by atoms with Crippen molar-refractivity contribution in [2.24, 2.45) is 11.8 Å². The van der Waals surface area contributed by atoms with Crippen LogP contribution in [-0.4, -0.2) is 47.6 Å². The number of carbonyl (C=O) groups excluding carboxylic acids is 2. The van der Waals surface area contributed by atoms with Gasteiger partial charge in [-0.3, -0.25) is 14.4 Å². The first-order chi connectivity index (χ1) is 20.4. The van der Waals surface area contributed by atoms with Crippen molar-refractivity contribution in [1.82, 2.24) is 14.9 Å². The zero-order chi connectivity index (χ0) is 29.0. The minimum absolute atomic E-state index is 0.0202. The number of aromatic amines is 1. The molecular weight excluding hydrogens is 530 g/mol. The zero-order valence-corrected chi connectivity index (χ0v) is 23.9. The second-order valence-corrected chi connectivity index (χ2v) is 11.9. The first-order valence-corrected chi connectivity index (χ1v) is 14.7. The highest BCUT2D eigenvalue weighted by molar-refractivity contribution is 5.90. The predicted octanol–water partition coefficient (Wildman–Crippen LogP) is 3.82. The fraction of sp³-hybridized carbons (Fsp3) is 0.364. The molecule has 5 heterocycles. The zero-order valence-electron chi connectivity index (χ0n) is 23.9. The van der Waals surface area contributed by atoms with Gasteiger partial charge in [-0.2, -0.15) is 0 Å². The summed E-state index contributed by atoms with van der Waals surface area (Å²) < 4.78 is 7.33. The number of rotatable bonds is 6. The summed E-state index contributed by atoms with van der Waals surface area (Å²) in [4.78, 5) is 44.4. The summed E-state index contributed by atoms with van der Waals surface area (Å²) in [7, 11) is 1.66. The molecule has 2 aromatic carbocycles. The van der Waals surface area contributed by atoms with Crippen LogP contribution in [0.2, 0.25) is 0 Å². The maximum Gasteiger partial charge on any atom is 0.250 e. The quantitative estimate of drug-likeness (QED) is 0.330. The van der Waals surface area contributed by atoms with Crippen LogP contribution >= 0.6 is 0 Å². The Labute approximate surface area is 243 Å². The van der Waals surface area contributed by atoms with Crippen molar-refractivity contribution >= 4 is 34.1 Å². The summed E-state index contributed by atoms with van der Waals surface area (Å²) in [5, 5.41) is 7.24. The van der Waals surface area contributed by atoms with E-state index in [2.05, 4.69) is 32.7 Å². The molecule has 1 fully saturated rings. The van der Waals surface area contributed by atoms with Crippen molar-refractivity contribution < 1.29 is 14.3 Å². The molecule has 0 aliphatic carbocycles. The van der Waals surface area contributed by atoms with E-state index in [0.717, 1.165) is 57.8 Å². The van der Waals surface area contributed by atoms with Crippen molar-refractivity contribution in [2.45, 2.75) is 44.7 Å². The molecule has 42 heavy (non-hydrogen) atoms. The lowest BCUT2D eigenvalue weighted by Crippen LogP contribution is -2.60. The predicted molar refractivity (Wildman–Crippen MR) is 162 cm³/mol. The Morgan fingerprint density at radius 3 is 2.81 bits per heavy atom. The maximum atomic E-state index is 14.1. The van der Waals surface area contributed by atoms with Crippen LogP contribution in [0.5, 0.6) is 5.75 Å². The summed E-state index contributed by atoms with van der Waals surface area (Å²) in [6.45, 7) is 3.49. The smallest absolute Gasteiger partial charge is 0.250 e. The van der Waals surface area contributed by atoms with Crippen LogP contribution in [0.25, 0.3) is 10.9 Å². The molecule has 2 aromatic heterocycles. The number of carbonyl (C=O) groups is 2. The van der Waals surface area contributed by atoms with Crippen molar-refractivity contribution in [1.29, 1.82) is 0 Å². The second kappa shape index (κ2) is 10.4. The fourth-order valence-corrected chi connectivity index (χ4v) is 7.55. The number of amides is 2. The number of fused-ring (bicyclic) bond motifs is 9. The average molecular weight is 566 g/mol. The first kappa shape index (κ1) is 26.4. The summed E-state index contributed by atoms with van der Waals surface area (Å²) in [6.07, 6.45) is 4.21. The van der Waals surface area contributed by atoms with Gasteiger partial charge in [-0.25, -0.2) is 0 Å². The number of H-pyrrole nitrogens is 1. The van der Waals surface area contributed by atoms with E-state index < -0.39 is 0 Å². The summed E-state index contributed by atoms with van der Waals surface area (Å²) in [5.41, 5.74) is 6.14. The molecule has 7 rings (SSSR count). The molecule has 4 unspecified atom stereocenters. The van der Waals surface area contributed by atoms with Gasteiger partial charge in [0.15, 0.2) is 0 Å². The molecular formula is C33H35N5O4. The molecule has 3 aliphatic heterocycles. The number of nitrogens with zero attached hydrogens (tertiary/aromatic N) is 2. The van der Waals surface area contributed by atoms with Crippen molar-refractivity contribution in [2.75, 3.05) is 30.4 Å². The Hall–Kier alpha value is -4.53. The normalized spacial score (nSPS) is 22.1. The number of aromatic nitrogens is 2. The topological polar surface area (TPSA) is 108 Å². The molecule has 0 radical (unpaired) electrons. The minimum Gasteiger partial charge on any atom is -0.497 e. The Morgan fingerprint density at radius 2 is 1.98 bits per heavy atom. The molecule has 1 saturated heterocycles. The van der Waals surface area contributed by atoms with Gasteiger partial charge in [0.25, 0.3) is 5.56 Å². The van der Waals surface area contributed by atoms with Crippen LogP contribution in [-0.2, 0) is 29.0 Å². The van der Waals surface area contributed by atoms with Crippen molar-refractivity contribution in [3.8, 4) is 5.75 Å². The number of nitrogens with one attached hydrogen (secondary N) is 3. The van der Waals surface area contributed by atoms with Crippen LogP contribution in [0, 0.1) is 11.8 Å². The summed E-state index contributed by atoms with van der Waals surface area (Å²) in [5.74, 6) is 0.790. The Bertz CT molecular complexity index is 1760. The lowest BCUT2D eigenvalue weighted by molar-refractivity contribution is -0.126. The van der Waals surface area contributed by atoms with Gasteiger partial charge in [-0.1, -0.05) is 6.07 Å². The van der Waals surface area contributed by atoms with Crippen LogP contribution in [0.1, 0.15) is 36.1 Å². The standard InChI is InChI=1S/C33H35N5O4/c1-19(39)36-23-6-9-29-22(13-23)14-27(32-26-12-20(18-38(29)32)17-37-30(26)4-3-5-31(37)40)33(41)34-11-10-21-16-35-28-8-7-24(42-2)15-25(21)28/h3-9,13,15-16,20,26-27,32,35H,10-12,14,17-18H2,1-2H3,(H,34,41)(H,36,39). The molecule has 4 aromatic rings. The summed E-state index contributed by atoms with van der Waals surface area (Å²) in [6, 6.07) is 17.4. The third-order valence-corrected chi connectivity index (χ3v) is 9.28. The molecule has 9 heteroatoms. The molecule has 216 valence electrons. The van der Waals surface area contributed by atoms with E-state index >= 15 is 0 Å². The second-order valence-electron chi connectivity index (χ2n) is 11.9. The van der Waals surface area contributed by atoms with Crippen LogP contribution in [0.15, 0.2) is 65.6 Å². The lowest BCUT2D eigenvalue weighted by Gasteiger charge is -2.54. The van der Waals surface area contributed by atoms with E-state index in [1.54, 1.807) is 13.2 Å². The lowest BCUT2D eigenvalue weighted by atomic mass is 9.69. The highest BCUT2D eigenvalue weighted by Gasteiger charge is 2.49. The Balaban J connectivity index is 1.19. The van der Waals surface area contributed by atoms with Crippen LogP contribution in [0.3, 0.4) is 0 Å². The third-order valence-electron chi connectivity index (χ3n) is 9.28. The molecule has 2 bridgehead atoms. The van der Waals surface area contributed by atoms with Crippen LogP contribution < -0.4 is 25.8 Å². The molecule has 0 spiro atoms. The minimum atomic E-state index is -0.305. The van der Waals surface area contributed by atoms with E-state index in [4.69, 9.17) is 4.74 Å². The van der Waals surface area contributed by atoms with Crippen LogP contribution in [0.4, 0.5) is 11.4 Å². The first-order valence-electron chi connectivity index (χ1n) is 14.7.